The Morgan fingerprint density at radius 1 is 1.32 bits per heavy atom. The summed E-state index contributed by atoms with van der Waals surface area (Å²) >= 11 is 0. The van der Waals surface area contributed by atoms with Gasteiger partial charge >= 0.3 is 5.97 Å². The van der Waals surface area contributed by atoms with E-state index in [-0.39, 0.29) is 18.9 Å². The molecule has 0 heterocycles. The van der Waals surface area contributed by atoms with Crippen molar-refractivity contribution in [3.8, 4) is 5.75 Å². The summed E-state index contributed by atoms with van der Waals surface area (Å²) in [5.41, 5.74) is 0.847. The van der Waals surface area contributed by atoms with E-state index in [9.17, 15) is 9.59 Å². The van der Waals surface area contributed by atoms with Crippen LogP contribution in [0.25, 0.3) is 0 Å². The van der Waals surface area contributed by atoms with Gasteiger partial charge in [0.15, 0.2) is 0 Å². The van der Waals surface area contributed by atoms with Gasteiger partial charge in [0.05, 0.1) is 20.1 Å². The predicted octanol–water partition coefficient (Wildman–Crippen LogP) is 1.26. The summed E-state index contributed by atoms with van der Waals surface area (Å²) < 4.78 is 9.89. The molecule has 0 aliphatic heterocycles. The third kappa shape index (κ3) is 4.99. The second-order valence-electron chi connectivity index (χ2n) is 4.08. The van der Waals surface area contributed by atoms with Crippen LogP contribution in [0.4, 0.5) is 0 Å². The molecule has 0 aromatic heterocycles. The molecule has 5 nitrogen and oxygen atoms in total. The van der Waals surface area contributed by atoms with Crippen molar-refractivity contribution in [2.75, 3.05) is 27.3 Å². The molecule has 0 bridgehead atoms. The molecule has 0 saturated heterocycles. The summed E-state index contributed by atoms with van der Waals surface area (Å²) in [5, 5.41) is 0. The van der Waals surface area contributed by atoms with Crippen LogP contribution in [0.2, 0.25) is 0 Å². The molecule has 0 fully saturated rings. The number of amides is 1. The van der Waals surface area contributed by atoms with E-state index in [0.717, 1.165) is 5.56 Å². The number of carbonyl (C=O) groups excluding carboxylic acids is 2. The molecule has 0 atom stereocenters. The number of benzene rings is 1. The highest BCUT2D eigenvalue weighted by atomic mass is 16.5. The topological polar surface area (TPSA) is 55.8 Å². The van der Waals surface area contributed by atoms with Crippen molar-refractivity contribution in [3.05, 3.63) is 29.8 Å². The van der Waals surface area contributed by atoms with Crippen LogP contribution in [0.5, 0.6) is 5.75 Å². The van der Waals surface area contributed by atoms with Gasteiger partial charge in [0.25, 0.3) is 0 Å². The molecule has 5 heteroatoms. The highest BCUT2D eigenvalue weighted by molar-refractivity contribution is 5.83. The number of rotatable bonds is 6. The van der Waals surface area contributed by atoms with Gasteiger partial charge in [-0.1, -0.05) is 12.1 Å². The number of nitrogens with zero attached hydrogens (tertiary/aromatic N) is 1. The fourth-order valence-corrected chi connectivity index (χ4v) is 1.58. The molecule has 104 valence electrons. The van der Waals surface area contributed by atoms with Crippen molar-refractivity contribution >= 4 is 11.9 Å². The molecule has 1 aromatic rings. The first-order chi connectivity index (χ1) is 9.06. The fourth-order valence-electron chi connectivity index (χ4n) is 1.58. The normalized spacial score (nSPS) is 9.84. The number of carbonyl (C=O) groups is 2. The third-order valence-electron chi connectivity index (χ3n) is 2.59. The summed E-state index contributed by atoms with van der Waals surface area (Å²) in [6.07, 6.45) is 0.229. The lowest BCUT2D eigenvalue weighted by molar-refractivity contribution is -0.147. The molecular formula is C14H19NO4. The highest BCUT2D eigenvalue weighted by Crippen LogP contribution is 2.13. The molecule has 1 aromatic carbocycles. The van der Waals surface area contributed by atoms with Gasteiger partial charge in [-0.3, -0.25) is 9.59 Å². The minimum absolute atomic E-state index is 0.0311. The molecular weight excluding hydrogens is 246 g/mol. The maximum Gasteiger partial charge on any atom is 0.325 e. The van der Waals surface area contributed by atoms with Crippen molar-refractivity contribution in [2.24, 2.45) is 0 Å². The standard InChI is InChI=1S/C14H19NO4/c1-4-19-14(17)10-15(2)13(16)9-11-6-5-7-12(8-11)18-3/h5-8H,4,9-10H2,1-3H3. The van der Waals surface area contributed by atoms with Crippen LogP contribution >= 0.6 is 0 Å². The van der Waals surface area contributed by atoms with Gasteiger partial charge in [0.1, 0.15) is 12.3 Å². The van der Waals surface area contributed by atoms with Crippen LogP contribution in [0.1, 0.15) is 12.5 Å². The van der Waals surface area contributed by atoms with E-state index in [1.165, 1.54) is 4.90 Å². The van der Waals surface area contributed by atoms with E-state index in [4.69, 9.17) is 9.47 Å². The quantitative estimate of drug-likeness (QED) is 0.727. The van der Waals surface area contributed by atoms with Crippen molar-refractivity contribution < 1.29 is 19.1 Å². The van der Waals surface area contributed by atoms with Crippen LogP contribution in [-0.4, -0.2) is 44.1 Å². The van der Waals surface area contributed by atoms with Crippen LogP contribution in [0.3, 0.4) is 0 Å². The first kappa shape index (κ1) is 15.0. The van der Waals surface area contributed by atoms with E-state index in [1.54, 1.807) is 27.1 Å². The number of hydrogen-bond acceptors (Lipinski definition) is 4. The number of ether oxygens (including phenoxy) is 2. The van der Waals surface area contributed by atoms with Gasteiger partial charge in [-0.25, -0.2) is 0 Å². The lowest BCUT2D eigenvalue weighted by atomic mass is 10.1. The Kier molecular flexibility index (Phi) is 5.85. The third-order valence-corrected chi connectivity index (χ3v) is 2.59. The van der Waals surface area contributed by atoms with Crippen molar-refractivity contribution in [1.82, 2.24) is 4.90 Å². The van der Waals surface area contributed by atoms with Gasteiger partial charge in [0.2, 0.25) is 5.91 Å². The highest BCUT2D eigenvalue weighted by Gasteiger charge is 2.14. The smallest absolute Gasteiger partial charge is 0.325 e. The van der Waals surface area contributed by atoms with E-state index in [1.807, 2.05) is 18.2 Å². The zero-order valence-corrected chi connectivity index (χ0v) is 11.5. The fraction of sp³-hybridized carbons (Fsp3) is 0.429. The van der Waals surface area contributed by atoms with E-state index < -0.39 is 5.97 Å². The SMILES string of the molecule is CCOC(=O)CN(C)C(=O)Cc1cccc(OC)c1. The average molecular weight is 265 g/mol. The van der Waals surface area contributed by atoms with Crippen LogP contribution in [0, 0.1) is 0 Å². The minimum Gasteiger partial charge on any atom is -0.497 e. The molecule has 0 saturated carbocycles. The zero-order valence-electron chi connectivity index (χ0n) is 11.5. The van der Waals surface area contributed by atoms with Gasteiger partial charge in [-0.2, -0.15) is 0 Å². The van der Waals surface area contributed by atoms with Crippen LogP contribution in [-0.2, 0) is 20.7 Å². The van der Waals surface area contributed by atoms with Gasteiger partial charge in [0, 0.05) is 7.05 Å². The zero-order chi connectivity index (χ0) is 14.3. The molecule has 0 unspecified atom stereocenters. The molecule has 0 radical (unpaired) electrons. The van der Waals surface area contributed by atoms with Gasteiger partial charge < -0.3 is 14.4 Å². The Bertz CT molecular complexity index is 445. The van der Waals surface area contributed by atoms with Crippen LogP contribution in [0.15, 0.2) is 24.3 Å². The number of hydrogen-bond donors (Lipinski definition) is 0. The molecule has 19 heavy (non-hydrogen) atoms. The van der Waals surface area contributed by atoms with E-state index in [0.29, 0.717) is 12.4 Å². The Hall–Kier alpha value is -2.04. The summed E-state index contributed by atoms with van der Waals surface area (Å²) in [6, 6.07) is 7.29. The Labute approximate surface area is 113 Å². The van der Waals surface area contributed by atoms with Crippen molar-refractivity contribution in [3.63, 3.8) is 0 Å². The molecule has 1 amide bonds. The van der Waals surface area contributed by atoms with Crippen molar-refractivity contribution in [1.29, 1.82) is 0 Å². The molecule has 0 spiro atoms. The first-order valence-electron chi connectivity index (χ1n) is 6.09. The monoisotopic (exact) mass is 265 g/mol. The lowest BCUT2D eigenvalue weighted by Crippen LogP contribution is -2.34. The first-order valence-corrected chi connectivity index (χ1v) is 6.09. The van der Waals surface area contributed by atoms with E-state index >= 15 is 0 Å². The number of esters is 1. The average Bonchev–Trinajstić information content (AvgIpc) is 2.39. The van der Waals surface area contributed by atoms with Crippen LogP contribution < -0.4 is 4.74 Å². The Morgan fingerprint density at radius 2 is 2.05 bits per heavy atom. The maximum atomic E-state index is 11.9. The summed E-state index contributed by atoms with van der Waals surface area (Å²) in [7, 11) is 3.16. The van der Waals surface area contributed by atoms with Gasteiger partial charge in [-0.15, -0.1) is 0 Å². The second kappa shape index (κ2) is 7.41. The number of likely N-dealkylation sites (N-methyl/N-ethyl adjacent to an activating group) is 1. The van der Waals surface area contributed by atoms with E-state index in [2.05, 4.69) is 0 Å². The Morgan fingerprint density at radius 3 is 2.68 bits per heavy atom. The summed E-state index contributed by atoms with van der Waals surface area (Å²) in [6.45, 7) is 2.02. The molecule has 1 rings (SSSR count). The predicted molar refractivity (Wildman–Crippen MR) is 71.0 cm³/mol. The second-order valence-corrected chi connectivity index (χ2v) is 4.08. The lowest BCUT2D eigenvalue weighted by Gasteiger charge is -2.16. The maximum absolute atomic E-state index is 11.9. The molecule has 0 aliphatic rings. The minimum atomic E-state index is -0.399. The summed E-state index contributed by atoms with van der Waals surface area (Å²) in [4.78, 5) is 24.6. The van der Waals surface area contributed by atoms with Gasteiger partial charge in [-0.05, 0) is 24.6 Å². The summed E-state index contributed by atoms with van der Waals surface area (Å²) in [5.74, 6) is 0.170. The Balaban J connectivity index is 2.55. The van der Waals surface area contributed by atoms with Crippen molar-refractivity contribution in [2.45, 2.75) is 13.3 Å². The molecule has 0 aliphatic carbocycles. The molecule has 0 N–H and O–H groups in total. The largest absolute Gasteiger partial charge is 0.497 e. The number of methoxy groups -OCH3 is 1.